The van der Waals surface area contributed by atoms with Gasteiger partial charge in [-0.2, -0.15) is 5.26 Å². The van der Waals surface area contributed by atoms with E-state index in [1.807, 2.05) is 31.2 Å². The van der Waals surface area contributed by atoms with E-state index in [1.165, 1.54) is 38.0 Å². The molecule has 0 fully saturated rings. The molecule has 0 aliphatic rings. The van der Waals surface area contributed by atoms with E-state index >= 15 is 0 Å². The lowest BCUT2D eigenvalue weighted by atomic mass is 10.0. The second kappa shape index (κ2) is 11.3. The Morgan fingerprint density at radius 1 is 0.912 bits per heavy atom. The minimum absolute atomic E-state index is 0.170. The van der Waals surface area contributed by atoms with Gasteiger partial charge in [0.25, 0.3) is 0 Å². The van der Waals surface area contributed by atoms with E-state index in [0.717, 1.165) is 11.1 Å². The Morgan fingerprint density at radius 2 is 1.56 bits per heavy atom. The van der Waals surface area contributed by atoms with Crippen molar-refractivity contribution in [2.75, 3.05) is 20.8 Å². The molecule has 0 heterocycles. The van der Waals surface area contributed by atoms with Gasteiger partial charge in [0.1, 0.15) is 17.4 Å². The molecule has 0 saturated heterocycles. The molecule has 0 radical (unpaired) electrons. The minimum Gasteiger partial charge on any atom is -0.493 e. The lowest BCUT2D eigenvalue weighted by Crippen LogP contribution is -2.18. The molecule has 0 saturated carbocycles. The quantitative estimate of drug-likeness (QED) is 0.209. The van der Waals surface area contributed by atoms with E-state index in [1.54, 1.807) is 24.3 Å². The molecule has 0 unspecified atom stereocenters. The minimum atomic E-state index is -0.749. The van der Waals surface area contributed by atoms with Crippen LogP contribution in [0.15, 0.2) is 72.3 Å². The summed E-state index contributed by atoms with van der Waals surface area (Å²) in [6.07, 6.45) is 1.35. The third-order valence-corrected chi connectivity index (χ3v) is 4.84. The summed E-state index contributed by atoms with van der Waals surface area (Å²) in [5.74, 6) is -0.393. The van der Waals surface area contributed by atoms with E-state index < -0.39 is 11.9 Å². The third kappa shape index (κ3) is 6.24. The fourth-order valence-electron chi connectivity index (χ4n) is 3.06. The maximum atomic E-state index is 12.3. The Morgan fingerprint density at radius 3 is 2.15 bits per heavy atom. The van der Waals surface area contributed by atoms with E-state index in [-0.39, 0.29) is 23.7 Å². The van der Waals surface area contributed by atoms with Crippen molar-refractivity contribution in [1.29, 1.82) is 5.26 Å². The number of hydrogen-bond acceptors (Lipinski definition) is 7. The molecule has 0 aromatic heterocycles. The van der Waals surface area contributed by atoms with Crippen LogP contribution in [-0.4, -0.2) is 32.8 Å². The van der Waals surface area contributed by atoms with Crippen LogP contribution in [0.25, 0.3) is 17.2 Å². The zero-order valence-electron chi connectivity index (χ0n) is 19.0. The van der Waals surface area contributed by atoms with E-state index in [2.05, 4.69) is 16.9 Å². The summed E-state index contributed by atoms with van der Waals surface area (Å²) in [6, 6.07) is 22.0. The maximum absolute atomic E-state index is 12.3. The van der Waals surface area contributed by atoms with Crippen molar-refractivity contribution in [2.45, 2.75) is 6.92 Å². The van der Waals surface area contributed by atoms with Crippen molar-refractivity contribution in [3.05, 3.63) is 83.4 Å². The highest BCUT2D eigenvalue weighted by molar-refractivity contribution is 5.97. The van der Waals surface area contributed by atoms with Crippen molar-refractivity contribution in [2.24, 2.45) is 0 Å². The van der Waals surface area contributed by atoms with Gasteiger partial charge >= 0.3 is 11.9 Å². The molecule has 7 nitrogen and oxygen atoms in total. The molecule has 0 amide bonds. The van der Waals surface area contributed by atoms with E-state index in [4.69, 9.17) is 19.5 Å². The molecule has 0 atom stereocenters. The number of nitrogens with zero attached hydrogens (tertiary/aromatic N) is 1. The van der Waals surface area contributed by atoms with Crippen LogP contribution in [0.4, 0.5) is 0 Å². The first-order valence-electron chi connectivity index (χ1n) is 10.3. The predicted molar refractivity (Wildman–Crippen MR) is 126 cm³/mol. The van der Waals surface area contributed by atoms with Crippen LogP contribution < -0.4 is 14.2 Å². The van der Waals surface area contributed by atoms with Crippen LogP contribution in [0.2, 0.25) is 0 Å². The van der Waals surface area contributed by atoms with Gasteiger partial charge in [-0.1, -0.05) is 48.0 Å². The van der Waals surface area contributed by atoms with Crippen LogP contribution in [0.1, 0.15) is 11.1 Å². The van der Waals surface area contributed by atoms with Crippen LogP contribution in [0.3, 0.4) is 0 Å². The summed E-state index contributed by atoms with van der Waals surface area (Å²) < 4.78 is 20.7. The summed E-state index contributed by atoms with van der Waals surface area (Å²) in [5, 5.41) is 9.09. The summed E-state index contributed by atoms with van der Waals surface area (Å²) in [7, 11) is 2.61. The van der Waals surface area contributed by atoms with Crippen LogP contribution in [0, 0.1) is 18.3 Å². The van der Waals surface area contributed by atoms with Crippen LogP contribution in [-0.2, 0) is 14.3 Å². The second-order valence-corrected chi connectivity index (χ2v) is 7.22. The number of ether oxygens (including phenoxy) is 4. The van der Waals surface area contributed by atoms with Gasteiger partial charge in [-0.25, -0.2) is 9.59 Å². The summed E-state index contributed by atoms with van der Waals surface area (Å²) in [6.45, 7) is 1.74. The van der Waals surface area contributed by atoms with Gasteiger partial charge in [0, 0.05) is 0 Å². The first-order valence-corrected chi connectivity index (χ1v) is 10.3. The Balaban J connectivity index is 1.62. The molecule has 0 spiro atoms. The molecule has 3 rings (SSSR count). The molecule has 172 valence electrons. The lowest BCUT2D eigenvalue weighted by molar-refractivity contribution is -0.137. The number of hydrogen-bond donors (Lipinski definition) is 0. The number of methoxy groups -OCH3 is 2. The first-order chi connectivity index (χ1) is 16.4. The number of carbonyl (C=O) groups is 2. The highest BCUT2D eigenvalue weighted by Gasteiger charge is 2.13. The first kappa shape index (κ1) is 24.1. The Labute approximate surface area is 197 Å². The van der Waals surface area contributed by atoms with Gasteiger partial charge in [-0.15, -0.1) is 0 Å². The zero-order chi connectivity index (χ0) is 24.5. The average molecular weight is 457 g/mol. The van der Waals surface area contributed by atoms with Crippen molar-refractivity contribution >= 4 is 18.0 Å². The van der Waals surface area contributed by atoms with Gasteiger partial charge < -0.3 is 18.9 Å². The number of carbonyl (C=O) groups excluding carboxylic acids is 2. The third-order valence-electron chi connectivity index (χ3n) is 4.84. The van der Waals surface area contributed by atoms with Gasteiger partial charge in [-0.05, 0) is 54.0 Å². The summed E-state index contributed by atoms with van der Waals surface area (Å²) >= 11 is 0. The molecule has 0 N–H and O–H groups in total. The molecule has 3 aromatic rings. The van der Waals surface area contributed by atoms with Crippen molar-refractivity contribution in [3.63, 3.8) is 0 Å². The van der Waals surface area contributed by atoms with Crippen LogP contribution >= 0.6 is 0 Å². The second-order valence-electron chi connectivity index (χ2n) is 7.22. The largest absolute Gasteiger partial charge is 0.493 e. The molecule has 34 heavy (non-hydrogen) atoms. The summed E-state index contributed by atoms with van der Waals surface area (Å²) in [5.41, 5.74) is 3.66. The molecule has 0 aliphatic heterocycles. The molecule has 3 aromatic carbocycles. The fraction of sp³-hybridized carbons (Fsp3) is 0.148. The number of esters is 2. The average Bonchev–Trinajstić information content (AvgIpc) is 2.87. The molecule has 0 aliphatic carbocycles. The smallest absolute Gasteiger partial charge is 0.349 e. The van der Waals surface area contributed by atoms with Gasteiger partial charge in [0.05, 0.1) is 14.2 Å². The molecular formula is C27H23NO6. The van der Waals surface area contributed by atoms with Gasteiger partial charge in [-0.3, -0.25) is 0 Å². The number of rotatable bonds is 8. The standard InChI is InChI=1S/C27H23NO6/c1-18-4-7-20(8-5-18)21-9-11-23(12-10-21)33-17-26(29)34-24-13-6-19(15-25(24)31-2)14-22(16-28)27(30)32-3/h4-15H,17H2,1-3H3/b22-14+. The highest BCUT2D eigenvalue weighted by Crippen LogP contribution is 2.29. The number of aryl methyl sites for hydroxylation is 1. The Kier molecular flexibility index (Phi) is 8.03. The fourth-order valence-corrected chi connectivity index (χ4v) is 3.06. The highest BCUT2D eigenvalue weighted by atomic mass is 16.6. The normalized spacial score (nSPS) is 10.7. The maximum Gasteiger partial charge on any atom is 0.349 e. The van der Waals surface area contributed by atoms with Crippen molar-refractivity contribution < 1.29 is 28.5 Å². The topological polar surface area (TPSA) is 94.9 Å². The predicted octanol–water partition coefficient (Wildman–Crippen LogP) is 4.74. The molecule has 7 heteroatoms. The number of benzene rings is 3. The SMILES string of the molecule is COC(=O)/C(C#N)=C/c1ccc(OC(=O)COc2ccc(-c3ccc(C)cc3)cc2)c(OC)c1. The molecular weight excluding hydrogens is 434 g/mol. The van der Waals surface area contributed by atoms with Crippen molar-refractivity contribution in [3.8, 4) is 34.4 Å². The summed E-state index contributed by atoms with van der Waals surface area (Å²) in [4.78, 5) is 23.9. The van der Waals surface area contributed by atoms with Crippen molar-refractivity contribution in [1.82, 2.24) is 0 Å². The lowest BCUT2D eigenvalue weighted by Gasteiger charge is -2.11. The van der Waals surface area contributed by atoms with Crippen LogP contribution in [0.5, 0.6) is 17.2 Å². The molecule has 0 bridgehead atoms. The Bertz CT molecular complexity index is 1240. The monoisotopic (exact) mass is 457 g/mol. The Hall–Kier alpha value is -4.57. The van der Waals surface area contributed by atoms with Gasteiger partial charge in [0.15, 0.2) is 18.1 Å². The van der Waals surface area contributed by atoms with E-state index in [9.17, 15) is 9.59 Å². The van der Waals surface area contributed by atoms with Gasteiger partial charge in [0.2, 0.25) is 0 Å². The zero-order valence-corrected chi connectivity index (χ0v) is 19.0. The number of nitriles is 1. The van der Waals surface area contributed by atoms with E-state index in [0.29, 0.717) is 11.3 Å².